The minimum Gasteiger partial charge on any atom is -0.299 e. The highest BCUT2D eigenvalue weighted by atomic mass is 32.2. The number of carbonyl (C=O) groups excluding carboxylic acids is 1. The Balaban J connectivity index is 0.000000234. The molecule has 2 fully saturated rings. The maximum atomic E-state index is 11.9. The average molecular weight is 825 g/mol. The van der Waals surface area contributed by atoms with E-state index in [4.69, 9.17) is 4.55 Å². The van der Waals surface area contributed by atoms with Crippen molar-refractivity contribution < 1.29 is 30.7 Å². The second-order valence-corrected chi connectivity index (χ2v) is 22.2. The fraction of sp³-hybridized carbons (Fsp3) is 0.604. The first-order chi connectivity index (χ1) is 26.0. The van der Waals surface area contributed by atoms with Gasteiger partial charge in [0, 0.05) is 6.42 Å². The summed E-state index contributed by atoms with van der Waals surface area (Å²) in [6.45, 7) is 29.6. The molecule has 5 rings (SSSR count). The van der Waals surface area contributed by atoms with Gasteiger partial charge in [0.1, 0.15) is 10.7 Å². The van der Waals surface area contributed by atoms with Crippen molar-refractivity contribution in [2.45, 2.75) is 169 Å². The molecule has 0 aromatic heterocycles. The van der Waals surface area contributed by atoms with Gasteiger partial charge in [-0.2, -0.15) is 16.8 Å². The first-order valence-electron chi connectivity index (χ1n) is 20.9. The molecule has 0 amide bonds. The Bertz CT molecular complexity index is 1970. The molecule has 2 bridgehead atoms. The van der Waals surface area contributed by atoms with E-state index in [-0.39, 0.29) is 44.7 Å². The van der Waals surface area contributed by atoms with E-state index < -0.39 is 31.4 Å². The molecule has 318 valence electrons. The zero-order valence-electron chi connectivity index (χ0n) is 37.3. The van der Waals surface area contributed by atoms with Gasteiger partial charge in [-0.15, -0.1) is 0 Å². The highest BCUT2D eigenvalue weighted by Gasteiger charge is 2.65. The van der Waals surface area contributed by atoms with E-state index in [0.29, 0.717) is 29.9 Å². The number of Topliss-reactive ketones (excluding diaryl/α,β-unsaturated/α-hetero) is 1. The molecule has 2 saturated carbocycles. The second kappa shape index (κ2) is 18.2. The van der Waals surface area contributed by atoms with Gasteiger partial charge >= 0.3 is 0 Å². The Morgan fingerprint density at radius 3 is 1.37 bits per heavy atom. The summed E-state index contributed by atoms with van der Waals surface area (Å²) in [6, 6.07) is 22.2. The summed E-state index contributed by atoms with van der Waals surface area (Å²) in [4.78, 5) is 12.0. The lowest BCUT2D eigenvalue weighted by Gasteiger charge is -2.35. The Hall–Kier alpha value is -2.85. The van der Waals surface area contributed by atoms with Gasteiger partial charge in [-0.05, 0) is 111 Å². The molecule has 3 aromatic rings. The van der Waals surface area contributed by atoms with E-state index in [0.717, 1.165) is 18.4 Å². The molecular formula is C48H72O7S2. The lowest BCUT2D eigenvalue weighted by Crippen LogP contribution is -2.42. The normalized spacial score (nSPS) is 19.4. The quantitative estimate of drug-likeness (QED) is 0.174. The van der Waals surface area contributed by atoms with Crippen LogP contribution < -0.4 is 0 Å². The van der Waals surface area contributed by atoms with Gasteiger partial charge in [-0.25, -0.2) is 0 Å². The summed E-state index contributed by atoms with van der Waals surface area (Å²) in [5.74, 6) is 0.322. The number of fused-ring (bicyclic) bond motifs is 2. The lowest BCUT2D eigenvalue weighted by atomic mass is 9.70. The van der Waals surface area contributed by atoms with Gasteiger partial charge in [-0.3, -0.25) is 13.9 Å². The van der Waals surface area contributed by atoms with Gasteiger partial charge in [-0.1, -0.05) is 158 Å². The van der Waals surface area contributed by atoms with Crippen LogP contribution >= 0.6 is 0 Å². The minimum atomic E-state index is -4.20. The maximum Gasteiger partial charge on any atom is 0.295 e. The van der Waals surface area contributed by atoms with E-state index in [2.05, 4.69) is 104 Å². The van der Waals surface area contributed by atoms with Gasteiger partial charge in [0.15, 0.2) is 0 Å². The summed E-state index contributed by atoms with van der Waals surface area (Å²) >= 11 is 0. The zero-order chi connectivity index (χ0) is 43.5. The number of benzene rings is 3. The van der Waals surface area contributed by atoms with Gasteiger partial charge in [0.25, 0.3) is 20.2 Å². The van der Waals surface area contributed by atoms with Crippen molar-refractivity contribution in [2.75, 3.05) is 5.75 Å². The van der Waals surface area contributed by atoms with Crippen LogP contribution in [0.3, 0.4) is 0 Å². The summed E-state index contributed by atoms with van der Waals surface area (Å²) in [5, 5.41) is 0. The maximum absolute atomic E-state index is 11.9. The molecule has 0 radical (unpaired) electrons. The molecule has 2 aliphatic carbocycles. The third kappa shape index (κ3) is 11.5. The van der Waals surface area contributed by atoms with E-state index >= 15 is 0 Å². The molecule has 2 atom stereocenters. The van der Waals surface area contributed by atoms with E-state index in [9.17, 15) is 26.2 Å². The van der Waals surface area contributed by atoms with E-state index in [1.807, 2.05) is 53.7 Å². The van der Waals surface area contributed by atoms with Crippen molar-refractivity contribution in [1.29, 1.82) is 0 Å². The predicted molar refractivity (Wildman–Crippen MR) is 236 cm³/mol. The van der Waals surface area contributed by atoms with Crippen LogP contribution in [0.4, 0.5) is 0 Å². The second-order valence-electron chi connectivity index (χ2n) is 19.4. The van der Waals surface area contributed by atoms with Crippen molar-refractivity contribution in [2.24, 2.45) is 16.7 Å². The fourth-order valence-electron chi connectivity index (χ4n) is 8.40. The van der Waals surface area contributed by atoms with Gasteiger partial charge in [0.2, 0.25) is 0 Å². The van der Waals surface area contributed by atoms with Crippen LogP contribution in [0.1, 0.15) is 186 Å². The number of rotatable bonds is 12. The molecule has 2 aliphatic rings. The lowest BCUT2D eigenvalue weighted by molar-refractivity contribution is -0.128. The number of hydrogen-bond acceptors (Lipinski definition) is 5. The van der Waals surface area contributed by atoms with Crippen LogP contribution in [-0.4, -0.2) is 37.5 Å². The highest BCUT2D eigenvalue weighted by Crippen LogP contribution is 2.64. The molecule has 0 saturated heterocycles. The highest BCUT2D eigenvalue weighted by molar-refractivity contribution is 7.86. The summed E-state index contributed by atoms with van der Waals surface area (Å²) in [6.07, 6.45) is 5.32. The zero-order valence-corrected chi connectivity index (χ0v) is 38.9. The van der Waals surface area contributed by atoms with Crippen molar-refractivity contribution in [1.82, 2.24) is 0 Å². The number of hydrogen-bond donors (Lipinski definition) is 2. The van der Waals surface area contributed by atoms with Gasteiger partial charge in [0.05, 0.1) is 11.2 Å². The molecule has 0 heterocycles. The monoisotopic (exact) mass is 824 g/mol. The third-order valence-electron chi connectivity index (χ3n) is 13.6. The van der Waals surface area contributed by atoms with Crippen molar-refractivity contribution in [3.8, 4) is 0 Å². The first-order valence-corrected chi connectivity index (χ1v) is 23.9. The standard InChI is InChI=1S/C23H32.C15H24O3S.C10H16O4S/c1-7-22(3,4)20-13-9-18(10-14-20)17-19-11-15-21(16-12-19)23(5,6)8-2;1-9(2)12-7-13(10(3)4)15(19(16,17)18)14(8-12)11(5)6;1-9(2)7-3-4-10(9,8(11)5-7)6-15(12,13)14/h9-16H,7-8,17H2,1-6H3;7-11H,1-6H3,(H,16,17,18);7H,3-6H2,1-2H3,(H,12,13,14). The van der Waals surface area contributed by atoms with Crippen LogP contribution in [0.15, 0.2) is 65.6 Å². The molecule has 0 aliphatic heterocycles. The molecule has 9 heteroatoms. The Morgan fingerprint density at radius 2 is 1.11 bits per heavy atom. The summed E-state index contributed by atoms with van der Waals surface area (Å²) in [7, 11) is -8.27. The van der Waals surface area contributed by atoms with E-state index in [1.165, 1.54) is 35.1 Å². The number of ketones is 1. The third-order valence-corrected chi connectivity index (χ3v) is 15.4. The molecule has 2 N–H and O–H groups in total. The molecule has 0 spiro atoms. The topological polar surface area (TPSA) is 126 Å². The Kier molecular flexibility index (Phi) is 15.5. The first kappa shape index (κ1) is 48.5. The van der Waals surface area contributed by atoms with Gasteiger partial charge < -0.3 is 0 Å². The minimum absolute atomic E-state index is 0.0152. The van der Waals surface area contributed by atoms with Crippen LogP contribution in [0.25, 0.3) is 0 Å². The van der Waals surface area contributed by atoms with Crippen LogP contribution in [0, 0.1) is 16.7 Å². The smallest absolute Gasteiger partial charge is 0.295 e. The summed E-state index contributed by atoms with van der Waals surface area (Å²) in [5.41, 5.74) is 7.59. The molecule has 2 unspecified atom stereocenters. The van der Waals surface area contributed by atoms with Crippen LogP contribution in [0.5, 0.6) is 0 Å². The predicted octanol–water partition coefficient (Wildman–Crippen LogP) is 12.2. The van der Waals surface area contributed by atoms with Crippen LogP contribution in [0.2, 0.25) is 0 Å². The summed E-state index contributed by atoms with van der Waals surface area (Å²) < 4.78 is 64.0. The SMILES string of the molecule is CC(C)c1cc(C(C)C)c(S(=O)(=O)O)c(C(C)C)c1.CC1(C)C2CCC1(CS(=O)(=O)O)C(=O)C2.CCC(C)(C)c1ccc(Cc2ccc(C(C)(C)CC)cc2)cc1. The molecular weight excluding hydrogens is 753 g/mol. The molecule has 3 aromatic carbocycles. The van der Waals surface area contributed by atoms with Crippen molar-refractivity contribution >= 4 is 26.0 Å². The Morgan fingerprint density at radius 1 is 0.702 bits per heavy atom. The largest absolute Gasteiger partial charge is 0.299 e. The Labute approximate surface area is 346 Å². The fourth-order valence-corrected chi connectivity index (χ4v) is 10.9. The number of carbonyl (C=O) groups is 1. The average Bonchev–Trinajstić information content (AvgIpc) is 3.45. The molecule has 7 nitrogen and oxygen atoms in total. The van der Waals surface area contributed by atoms with Crippen molar-refractivity contribution in [3.05, 3.63) is 99.6 Å². The van der Waals surface area contributed by atoms with Crippen LogP contribution in [-0.2, 0) is 42.3 Å². The molecule has 57 heavy (non-hydrogen) atoms. The van der Waals surface area contributed by atoms with Crippen molar-refractivity contribution in [3.63, 3.8) is 0 Å². The van der Waals surface area contributed by atoms with E-state index in [1.54, 1.807) is 0 Å².